The summed E-state index contributed by atoms with van der Waals surface area (Å²) < 4.78 is 0. The molecule has 3 heteroatoms. The van der Waals surface area contributed by atoms with Crippen LogP contribution in [0.4, 0.5) is 22.7 Å². The van der Waals surface area contributed by atoms with E-state index in [1.807, 2.05) is 0 Å². The highest BCUT2D eigenvalue weighted by molar-refractivity contribution is 5.91. The largest absolute Gasteiger partial charge is 0.341 e. The number of hydrogen-bond donors (Lipinski definition) is 0. The van der Waals surface area contributed by atoms with Gasteiger partial charge in [-0.3, -0.25) is 0 Å². The maximum Gasteiger partial charge on any atom is 0.0713 e. The van der Waals surface area contributed by atoms with Crippen LogP contribution < -0.4 is 14.7 Å². The molecule has 4 aromatic rings. The van der Waals surface area contributed by atoms with E-state index in [-0.39, 0.29) is 11.5 Å². The number of likely N-dealkylation sites (N-methyl/N-ethyl adjacent to an activating group) is 1. The van der Waals surface area contributed by atoms with E-state index < -0.39 is 0 Å². The van der Waals surface area contributed by atoms with E-state index in [0.717, 1.165) is 0 Å². The lowest BCUT2D eigenvalue weighted by atomic mass is 9.82. The van der Waals surface area contributed by atoms with Crippen LogP contribution in [-0.2, 0) is 5.41 Å². The van der Waals surface area contributed by atoms with Gasteiger partial charge >= 0.3 is 0 Å². The molecule has 204 valence electrons. The van der Waals surface area contributed by atoms with Gasteiger partial charge in [0, 0.05) is 29.9 Å². The molecule has 1 atom stereocenters. The van der Waals surface area contributed by atoms with Gasteiger partial charge in [0.05, 0.1) is 28.8 Å². The summed E-state index contributed by atoms with van der Waals surface area (Å²) in [6.07, 6.45) is 9.35. The molecule has 0 N–H and O–H groups in total. The van der Waals surface area contributed by atoms with Gasteiger partial charge in [0.2, 0.25) is 0 Å². The number of fused-ring (bicyclic) bond motifs is 4. The molecule has 1 aliphatic heterocycles. The number of rotatable bonds is 4. The summed E-state index contributed by atoms with van der Waals surface area (Å²) in [5.74, 6) is 0. The molecule has 2 aliphatic carbocycles. The van der Waals surface area contributed by atoms with E-state index in [1.165, 1.54) is 56.4 Å². The summed E-state index contributed by atoms with van der Waals surface area (Å²) >= 11 is 0. The summed E-state index contributed by atoms with van der Waals surface area (Å²) in [4.78, 5) is 7.32. The van der Waals surface area contributed by atoms with Gasteiger partial charge in [-0.1, -0.05) is 86.7 Å². The molecule has 41 heavy (non-hydrogen) atoms. The van der Waals surface area contributed by atoms with Crippen molar-refractivity contribution in [1.29, 1.82) is 0 Å². The number of para-hydroxylation sites is 2. The van der Waals surface area contributed by atoms with Gasteiger partial charge in [-0.15, -0.1) is 0 Å². The normalized spacial score (nSPS) is 18.1. The predicted molar refractivity (Wildman–Crippen MR) is 174 cm³/mol. The molecule has 1 unspecified atom stereocenters. The maximum atomic E-state index is 2.53. The minimum Gasteiger partial charge on any atom is -0.341 e. The number of benzene rings is 4. The molecule has 0 bridgehead atoms. The summed E-state index contributed by atoms with van der Waals surface area (Å²) in [6, 6.07) is 35.5. The molecular weight excluding hydrogens is 498 g/mol. The molecule has 3 aliphatic rings. The third kappa shape index (κ3) is 3.94. The molecule has 0 radical (unpaired) electrons. The first kappa shape index (κ1) is 25.5. The van der Waals surface area contributed by atoms with E-state index >= 15 is 0 Å². The number of hydrogen-bond acceptors (Lipinski definition) is 3. The van der Waals surface area contributed by atoms with Crippen molar-refractivity contribution in [2.24, 2.45) is 0 Å². The van der Waals surface area contributed by atoms with Crippen molar-refractivity contribution in [3.8, 4) is 11.1 Å². The first-order valence-corrected chi connectivity index (χ1v) is 14.7. The number of nitrogens with zero attached hydrogens (tertiary/aromatic N) is 3. The molecule has 0 saturated heterocycles. The van der Waals surface area contributed by atoms with Crippen molar-refractivity contribution in [3.63, 3.8) is 0 Å². The van der Waals surface area contributed by atoms with E-state index in [2.05, 4.69) is 171 Å². The molecular formula is C38H37N3. The van der Waals surface area contributed by atoms with Gasteiger partial charge < -0.3 is 14.7 Å². The third-order valence-corrected chi connectivity index (χ3v) is 8.97. The lowest BCUT2D eigenvalue weighted by molar-refractivity contribution is 0.658. The van der Waals surface area contributed by atoms with E-state index in [4.69, 9.17) is 0 Å². The van der Waals surface area contributed by atoms with Gasteiger partial charge in [0.1, 0.15) is 0 Å². The summed E-state index contributed by atoms with van der Waals surface area (Å²) in [5.41, 5.74) is 12.8. The Morgan fingerprint density at radius 3 is 1.88 bits per heavy atom. The fraction of sp³-hybridized carbons (Fsp3) is 0.211. The van der Waals surface area contributed by atoms with Crippen molar-refractivity contribution in [2.75, 3.05) is 21.7 Å². The van der Waals surface area contributed by atoms with Crippen molar-refractivity contribution >= 4 is 22.7 Å². The average Bonchev–Trinajstić information content (AvgIpc) is 3.09. The standard InChI is InChI=1S/C38H37N3/c1-26(2)40-35-23-21-29(41(27-14-8-6-9-15-27)28-16-10-7-11-17-28)20-22-34(35)39(5)36-24-31-30-18-12-13-19-32(30)38(3,4)33(31)25-37(36)40/h6-26,29H,1-5H3. The van der Waals surface area contributed by atoms with Crippen LogP contribution in [0.2, 0.25) is 0 Å². The SMILES string of the molecule is CC(C)N1C2=C(C=CC(N(c3ccccc3)c3ccccc3)C=C2)N(C)c2cc3c(cc21)C(C)(C)c1ccccc1-3. The van der Waals surface area contributed by atoms with Crippen LogP contribution in [0.3, 0.4) is 0 Å². The zero-order valence-corrected chi connectivity index (χ0v) is 24.5. The Kier molecular flexibility index (Phi) is 5.93. The summed E-state index contributed by atoms with van der Waals surface area (Å²) in [6.45, 7) is 9.32. The van der Waals surface area contributed by atoms with E-state index in [1.54, 1.807) is 0 Å². The molecule has 0 saturated carbocycles. The fourth-order valence-electron chi connectivity index (χ4n) is 6.95. The molecule has 0 fully saturated rings. The van der Waals surface area contributed by atoms with Gasteiger partial charge in [-0.25, -0.2) is 0 Å². The van der Waals surface area contributed by atoms with Gasteiger partial charge in [-0.05, 0) is 84.7 Å². The maximum absolute atomic E-state index is 2.53. The Bertz CT molecular complexity index is 1670. The zero-order valence-electron chi connectivity index (χ0n) is 24.5. The fourth-order valence-corrected chi connectivity index (χ4v) is 6.95. The highest BCUT2D eigenvalue weighted by atomic mass is 15.3. The van der Waals surface area contributed by atoms with Crippen LogP contribution >= 0.6 is 0 Å². The summed E-state index contributed by atoms with van der Waals surface area (Å²) in [7, 11) is 2.22. The van der Waals surface area contributed by atoms with Crippen LogP contribution in [0.25, 0.3) is 11.1 Å². The molecule has 0 amide bonds. The lowest BCUT2D eigenvalue weighted by Gasteiger charge is -2.41. The molecule has 3 nitrogen and oxygen atoms in total. The van der Waals surface area contributed by atoms with Crippen LogP contribution in [0.15, 0.2) is 133 Å². The topological polar surface area (TPSA) is 9.72 Å². The monoisotopic (exact) mass is 535 g/mol. The molecule has 0 spiro atoms. The lowest BCUT2D eigenvalue weighted by Crippen LogP contribution is -2.38. The summed E-state index contributed by atoms with van der Waals surface area (Å²) in [5, 5.41) is 0. The minimum absolute atomic E-state index is 0.0347. The second-order valence-electron chi connectivity index (χ2n) is 12.1. The molecule has 4 aromatic carbocycles. The third-order valence-electron chi connectivity index (χ3n) is 8.97. The second kappa shape index (κ2) is 9.55. The van der Waals surface area contributed by atoms with Crippen molar-refractivity contribution in [2.45, 2.75) is 45.2 Å². The quantitative estimate of drug-likeness (QED) is 0.258. The van der Waals surface area contributed by atoms with Gasteiger partial charge in [-0.2, -0.15) is 0 Å². The second-order valence-corrected chi connectivity index (χ2v) is 12.1. The minimum atomic E-state index is -0.0347. The highest BCUT2D eigenvalue weighted by Gasteiger charge is 2.39. The highest BCUT2D eigenvalue weighted by Crippen LogP contribution is 2.54. The Balaban J connectivity index is 1.35. The van der Waals surface area contributed by atoms with Crippen LogP contribution in [0.5, 0.6) is 0 Å². The Labute approximate surface area is 244 Å². The number of anilines is 4. The Hall–Kier alpha value is -4.50. The average molecular weight is 536 g/mol. The van der Waals surface area contributed by atoms with E-state index in [9.17, 15) is 0 Å². The van der Waals surface area contributed by atoms with Crippen LogP contribution in [0, 0.1) is 0 Å². The molecule has 7 rings (SSSR count). The van der Waals surface area contributed by atoms with Crippen LogP contribution in [-0.4, -0.2) is 19.1 Å². The van der Waals surface area contributed by atoms with Gasteiger partial charge in [0.25, 0.3) is 0 Å². The van der Waals surface area contributed by atoms with Gasteiger partial charge in [0.15, 0.2) is 0 Å². The first-order valence-electron chi connectivity index (χ1n) is 14.7. The first-order chi connectivity index (χ1) is 19.9. The van der Waals surface area contributed by atoms with Crippen molar-refractivity contribution in [1.82, 2.24) is 0 Å². The predicted octanol–water partition coefficient (Wildman–Crippen LogP) is 9.20. The molecule has 1 heterocycles. The van der Waals surface area contributed by atoms with Crippen molar-refractivity contribution in [3.05, 3.63) is 144 Å². The zero-order chi connectivity index (χ0) is 28.3. The smallest absolute Gasteiger partial charge is 0.0713 e. The number of allylic oxidation sites excluding steroid dienone is 2. The van der Waals surface area contributed by atoms with Crippen molar-refractivity contribution < 1.29 is 0 Å². The van der Waals surface area contributed by atoms with E-state index in [0.29, 0.717) is 6.04 Å². The Morgan fingerprint density at radius 1 is 0.659 bits per heavy atom. The van der Waals surface area contributed by atoms with Crippen LogP contribution in [0.1, 0.15) is 38.8 Å². The molecule has 0 aromatic heterocycles. The Morgan fingerprint density at radius 2 is 1.24 bits per heavy atom.